The first-order chi connectivity index (χ1) is 14.5. The van der Waals surface area contributed by atoms with Gasteiger partial charge in [0.05, 0.1) is 16.4 Å². The van der Waals surface area contributed by atoms with Gasteiger partial charge in [0, 0.05) is 29.5 Å². The zero-order chi connectivity index (χ0) is 20.3. The molecule has 4 fully saturated rings. The fraction of sp³-hybridized carbons (Fsp3) is 0.478. The summed E-state index contributed by atoms with van der Waals surface area (Å²) in [7, 11) is 0. The van der Waals surface area contributed by atoms with Crippen molar-refractivity contribution >= 4 is 16.8 Å². The molecule has 4 aliphatic carbocycles. The van der Waals surface area contributed by atoms with Gasteiger partial charge in [-0.1, -0.05) is 0 Å². The van der Waals surface area contributed by atoms with Gasteiger partial charge in [0.1, 0.15) is 11.5 Å². The van der Waals surface area contributed by atoms with E-state index in [1.165, 1.54) is 0 Å². The molecule has 3 aromatic rings. The number of fused-ring (bicyclic) bond motifs is 2. The van der Waals surface area contributed by atoms with Gasteiger partial charge in [-0.05, 0) is 69.1 Å². The summed E-state index contributed by atoms with van der Waals surface area (Å²) in [5.74, 6) is 1.99. The molecule has 7 heteroatoms. The van der Waals surface area contributed by atoms with E-state index in [1.54, 1.807) is 25.4 Å². The van der Waals surface area contributed by atoms with E-state index in [9.17, 15) is 9.90 Å². The van der Waals surface area contributed by atoms with Crippen molar-refractivity contribution in [3.63, 3.8) is 0 Å². The number of pyridine rings is 1. The average Bonchev–Trinajstić information content (AvgIpc) is 3.31. The van der Waals surface area contributed by atoms with Crippen LogP contribution in [0.1, 0.15) is 48.4 Å². The van der Waals surface area contributed by atoms with Crippen molar-refractivity contribution in [1.29, 1.82) is 0 Å². The second-order valence-electron chi connectivity index (χ2n) is 9.87. The number of aromatic nitrogens is 4. The second-order valence-corrected chi connectivity index (χ2v) is 9.87. The van der Waals surface area contributed by atoms with Crippen LogP contribution in [-0.2, 0) is 5.54 Å². The van der Waals surface area contributed by atoms with Gasteiger partial charge in [-0.25, -0.2) is 9.97 Å². The molecule has 3 aromatic heterocycles. The van der Waals surface area contributed by atoms with Crippen molar-refractivity contribution in [3.8, 4) is 5.88 Å². The van der Waals surface area contributed by atoms with Crippen LogP contribution in [0.25, 0.3) is 10.9 Å². The molecule has 30 heavy (non-hydrogen) atoms. The van der Waals surface area contributed by atoms with Crippen LogP contribution < -0.4 is 5.32 Å². The molecular formula is C23H23N5O2. The Morgan fingerprint density at radius 1 is 1.17 bits per heavy atom. The van der Waals surface area contributed by atoms with E-state index in [4.69, 9.17) is 0 Å². The summed E-state index contributed by atoms with van der Waals surface area (Å²) < 4.78 is 2.11. The fourth-order valence-corrected chi connectivity index (χ4v) is 8.13. The minimum atomic E-state index is -0.203. The van der Waals surface area contributed by atoms with E-state index in [-0.39, 0.29) is 22.4 Å². The van der Waals surface area contributed by atoms with Gasteiger partial charge in [-0.3, -0.25) is 9.78 Å². The number of amides is 1. The van der Waals surface area contributed by atoms with Gasteiger partial charge < -0.3 is 15.0 Å². The van der Waals surface area contributed by atoms with Crippen molar-refractivity contribution in [2.24, 2.45) is 17.3 Å². The van der Waals surface area contributed by atoms with Crippen LogP contribution in [0.4, 0.5) is 0 Å². The summed E-state index contributed by atoms with van der Waals surface area (Å²) in [5, 5.41) is 15.3. The number of carbonyl (C=O) groups is 1. The number of hydrogen-bond donors (Lipinski definition) is 2. The van der Waals surface area contributed by atoms with Crippen LogP contribution in [0.2, 0.25) is 0 Å². The highest BCUT2D eigenvalue weighted by Gasteiger charge is 2.87. The maximum absolute atomic E-state index is 13.1. The van der Waals surface area contributed by atoms with Crippen molar-refractivity contribution < 1.29 is 9.90 Å². The first kappa shape index (κ1) is 16.8. The predicted molar refractivity (Wildman–Crippen MR) is 109 cm³/mol. The average molecular weight is 401 g/mol. The molecule has 152 valence electrons. The Bertz CT molecular complexity index is 1250. The molecule has 5 atom stereocenters. The lowest BCUT2D eigenvalue weighted by Gasteiger charge is -2.77. The molecule has 2 bridgehead atoms. The van der Waals surface area contributed by atoms with Crippen LogP contribution in [0.5, 0.6) is 5.88 Å². The van der Waals surface area contributed by atoms with Crippen LogP contribution in [0, 0.1) is 24.2 Å². The first-order valence-corrected chi connectivity index (χ1v) is 10.8. The molecule has 2 N–H and O–H groups in total. The number of aromatic hydroxyl groups is 1. The Morgan fingerprint density at radius 3 is 2.87 bits per heavy atom. The molecule has 0 aliphatic heterocycles. The Labute approximate surface area is 173 Å². The standard InChI is InChI=1S/C23H23N5O2/c1-13-24-6-4-17(26-13)19(29)27-21-7-14-8-22(11-15(10-21)23(21,22)9-14)28-12-18-16(20(28)30)3-2-5-25-18/h2-6,12,14-15,30H,7-11H2,1H3,(H,27,29). The quantitative estimate of drug-likeness (QED) is 0.704. The Hall–Kier alpha value is -2.96. The topological polar surface area (TPSA) is 92.9 Å². The van der Waals surface area contributed by atoms with Crippen LogP contribution in [-0.4, -0.2) is 36.1 Å². The summed E-state index contributed by atoms with van der Waals surface area (Å²) in [5.41, 5.74) is 0.957. The highest BCUT2D eigenvalue weighted by molar-refractivity contribution is 5.93. The number of hydrogen-bond acceptors (Lipinski definition) is 5. The third kappa shape index (κ3) is 1.64. The maximum Gasteiger partial charge on any atom is 0.270 e. The van der Waals surface area contributed by atoms with Crippen molar-refractivity contribution in [3.05, 3.63) is 48.3 Å². The van der Waals surface area contributed by atoms with E-state index in [0.29, 0.717) is 29.2 Å². The molecule has 4 aliphatic rings. The number of carbonyl (C=O) groups excluding carboxylic acids is 1. The van der Waals surface area contributed by atoms with Crippen molar-refractivity contribution in [1.82, 2.24) is 24.8 Å². The third-order valence-corrected chi connectivity index (χ3v) is 8.82. The number of aryl methyl sites for hydroxylation is 1. The Morgan fingerprint density at radius 2 is 2.07 bits per heavy atom. The highest BCUT2D eigenvalue weighted by atomic mass is 16.3. The monoisotopic (exact) mass is 401 g/mol. The highest BCUT2D eigenvalue weighted by Crippen LogP contribution is 2.87. The van der Waals surface area contributed by atoms with Crippen LogP contribution in [0.15, 0.2) is 36.8 Å². The van der Waals surface area contributed by atoms with Gasteiger partial charge in [0.15, 0.2) is 0 Å². The molecule has 7 rings (SSSR count). The normalized spacial score (nSPS) is 37.5. The second kappa shape index (κ2) is 5.02. The van der Waals surface area contributed by atoms with E-state index in [2.05, 4.69) is 24.8 Å². The Kier molecular flexibility index (Phi) is 2.81. The Balaban J connectivity index is 1.31. The summed E-state index contributed by atoms with van der Waals surface area (Å²) in [6.45, 7) is 1.80. The van der Waals surface area contributed by atoms with E-state index >= 15 is 0 Å². The minimum absolute atomic E-state index is 0.0227. The molecule has 7 nitrogen and oxygen atoms in total. The molecular weight excluding hydrogens is 378 g/mol. The largest absolute Gasteiger partial charge is 0.494 e. The minimum Gasteiger partial charge on any atom is -0.494 e. The van der Waals surface area contributed by atoms with Gasteiger partial charge in [-0.2, -0.15) is 0 Å². The zero-order valence-electron chi connectivity index (χ0n) is 16.8. The van der Waals surface area contributed by atoms with Crippen LogP contribution >= 0.6 is 0 Å². The molecule has 0 saturated heterocycles. The number of nitrogens with one attached hydrogen (secondary N) is 1. The molecule has 4 saturated carbocycles. The lowest BCUT2D eigenvalue weighted by Crippen LogP contribution is -2.83. The number of rotatable bonds is 3. The number of nitrogens with zero attached hydrogens (tertiary/aromatic N) is 4. The van der Waals surface area contributed by atoms with E-state index < -0.39 is 0 Å². The zero-order valence-corrected chi connectivity index (χ0v) is 16.8. The van der Waals surface area contributed by atoms with Crippen LogP contribution in [0.3, 0.4) is 0 Å². The predicted octanol–water partition coefficient (Wildman–Crippen LogP) is 2.93. The SMILES string of the molecule is Cc1nccc(C(=O)NC23CC4CC5(n6cc7ncccc7c6O)CC(C2)C35C4)n1. The summed E-state index contributed by atoms with van der Waals surface area (Å²) >= 11 is 0. The fourth-order valence-electron chi connectivity index (χ4n) is 8.13. The third-order valence-electron chi connectivity index (χ3n) is 8.82. The molecule has 1 amide bonds. The van der Waals surface area contributed by atoms with E-state index in [0.717, 1.165) is 43.0 Å². The van der Waals surface area contributed by atoms with Crippen molar-refractivity contribution in [2.75, 3.05) is 0 Å². The van der Waals surface area contributed by atoms with Crippen molar-refractivity contribution in [2.45, 2.75) is 50.1 Å². The lowest BCUT2D eigenvalue weighted by atomic mass is 9.31. The summed E-state index contributed by atoms with van der Waals surface area (Å²) in [4.78, 5) is 26.0. The first-order valence-electron chi connectivity index (χ1n) is 10.8. The maximum atomic E-state index is 13.1. The molecule has 5 unspecified atom stereocenters. The van der Waals surface area contributed by atoms with Gasteiger partial charge >= 0.3 is 0 Å². The molecule has 0 radical (unpaired) electrons. The van der Waals surface area contributed by atoms with Gasteiger partial charge in [-0.15, -0.1) is 0 Å². The summed E-state index contributed by atoms with van der Waals surface area (Å²) in [6.07, 6.45) is 10.8. The molecule has 3 heterocycles. The van der Waals surface area contributed by atoms with Gasteiger partial charge in [0.2, 0.25) is 5.88 Å². The van der Waals surface area contributed by atoms with E-state index in [1.807, 2.05) is 18.3 Å². The lowest BCUT2D eigenvalue weighted by molar-refractivity contribution is -0.252. The smallest absolute Gasteiger partial charge is 0.270 e. The van der Waals surface area contributed by atoms with Gasteiger partial charge in [0.25, 0.3) is 5.91 Å². The molecule has 1 spiro atoms. The summed E-state index contributed by atoms with van der Waals surface area (Å²) in [6, 6.07) is 5.48. The molecule has 0 aromatic carbocycles.